The van der Waals surface area contributed by atoms with Crippen molar-refractivity contribution >= 4 is 27.0 Å². The Labute approximate surface area is 149 Å². The molecule has 3 aromatic rings. The molecule has 6 nitrogen and oxygen atoms in total. The number of benzene rings is 2. The molecule has 25 heavy (non-hydrogen) atoms. The van der Waals surface area contributed by atoms with Crippen LogP contribution < -0.4 is 9.18 Å². The van der Waals surface area contributed by atoms with E-state index in [1.165, 1.54) is 10.6 Å². The number of H-pyrrole nitrogens is 1. The first-order valence-electron chi connectivity index (χ1n) is 7.39. The highest BCUT2D eigenvalue weighted by molar-refractivity contribution is 7.92. The number of aromatic amines is 1. The van der Waals surface area contributed by atoms with Gasteiger partial charge in [-0.05, 0) is 23.3 Å². The van der Waals surface area contributed by atoms with Crippen molar-refractivity contribution in [3.05, 3.63) is 69.8 Å². The van der Waals surface area contributed by atoms with Gasteiger partial charge in [-0.25, -0.2) is 8.42 Å². The smallest absolute Gasteiger partial charge is 0.307 e. The van der Waals surface area contributed by atoms with Gasteiger partial charge in [0.1, 0.15) is 0 Å². The number of anilines is 1. The Bertz CT molecular complexity index is 1020. The van der Waals surface area contributed by atoms with Crippen molar-refractivity contribution in [2.24, 2.45) is 0 Å². The number of sulfonamides is 1. The van der Waals surface area contributed by atoms with E-state index < -0.39 is 10.0 Å². The second-order valence-corrected chi connectivity index (χ2v) is 8.38. The molecular weight excluding hydrogens is 360 g/mol. The highest BCUT2D eigenvalue weighted by Gasteiger charge is 2.18. The number of rotatable bonds is 5. The van der Waals surface area contributed by atoms with Crippen LogP contribution in [0.2, 0.25) is 0 Å². The van der Waals surface area contributed by atoms with Crippen LogP contribution in [-0.4, -0.2) is 24.8 Å². The van der Waals surface area contributed by atoms with Crippen LogP contribution in [0.25, 0.3) is 10.4 Å². The summed E-state index contributed by atoms with van der Waals surface area (Å²) < 4.78 is 25.6. The molecule has 8 heteroatoms. The molecule has 0 unspecified atom stereocenters. The lowest BCUT2D eigenvalue weighted by molar-refractivity contribution is 0.458. The molecule has 0 bridgehead atoms. The first kappa shape index (κ1) is 17.2. The number of nitrogens with one attached hydrogen (secondary N) is 1. The van der Waals surface area contributed by atoms with E-state index in [1.807, 2.05) is 6.07 Å². The zero-order valence-corrected chi connectivity index (χ0v) is 15.0. The number of thiazole rings is 1. The van der Waals surface area contributed by atoms with Crippen molar-refractivity contribution in [2.75, 3.05) is 10.6 Å². The maximum absolute atomic E-state index is 12.1. The highest BCUT2D eigenvalue weighted by Crippen LogP contribution is 2.30. The molecule has 2 N–H and O–H groups in total. The molecule has 0 atom stereocenters. The predicted octanol–water partition coefficient (Wildman–Crippen LogP) is 2.78. The third kappa shape index (κ3) is 3.92. The Balaban J connectivity index is 1.89. The Morgan fingerprint density at radius 2 is 1.72 bits per heavy atom. The van der Waals surface area contributed by atoms with Crippen molar-refractivity contribution in [2.45, 2.75) is 6.54 Å². The fourth-order valence-electron chi connectivity index (χ4n) is 2.44. The van der Waals surface area contributed by atoms with E-state index >= 15 is 0 Å². The van der Waals surface area contributed by atoms with E-state index in [1.54, 1.807) is 48.5 Å². The standard InChI is InChI=1S/C17H16N2O4S2/c1-25(22,23)19(14-5-3-2-4-6-14)11-12-7-9-13(10-8-12)15-16(20)18-17(21)24-15/h2-10,20H,11H2,1H3,(H,18,21). The summed E-state index contributed by atoms with van der Waals surface area (Å²) in [6, 6.07) is 15.9. The summed E-state index contributed by atoms with van der Waals surface area (Å²) in [5.41, 5.74) is 2.08. The van der Waals surface area contributed by atoms with Gasteiger partial charge in [0.2, 0.25) is 15.9 Å². The van der Waals surface area contributed by atoms with Crippen LogP contribution in [0.5, 0.6) is 5.88 Å². The Morgan fingerprint density at radius 1 is 1.08 bits per heavy atom. The van der Waals surface area contributed by atoms with Gasteiger partial charge in [0.15, 0.2) is 0 Å². The fourth-order valence-corrected chi connectivity index (χ4v) is 4.06. The van der Waals surface area contributed by atoms with Gasteiger partial charge in [-0.3, -0.25) is 14.1 Å². The minimum absolute atomic E-state index is 0.162. The number of aromatic nitrogens is 1. The van der Waals surface area contributed by atoms with E-state index in [4.69, 9.17) is 0 Å². The average molecular weight is 376 g/mol. The molecular formula is C17H16N2O4S2. The molecule has 2 aromatic carbocycles. The van der Waals surface area contributed by atoms with Crippen LogP contribution in [0.3, 0.4) is 0 Å². The number of hydrogen-bond acceptors (Lipinski definition) is 5. The molecule has 130 valence electrons. The summed E-state index contributed by atoms with van der Waals surface area (Å²) in [5.74, 6) is -0.162. The van der Waals surface area contributed by atoms with Gasteiger partial charge < -0.3 is 5.11 Å². The van der Waals surface area contributed by atoms with Crippen molar-refractivity contribution in [3.8, 4) is 16.3 Å². The van der Waals surface area contributed by atoms with Gasteiger partial charge >= 0.3 is 4.87 Å². The summed E-state index contributed by atoms with van der Waals surface area (Å²) >= 11 is 0.921. The first-order valence-corrected chi connectivity index (χ1v) is 10.1. The van der Waals surface area contributed by atoms with Gasteiger partial charge in [-0.1, -0.05) is 53.8 Å². The first-order chi connectivity index (χ1) is 11.8. The van der Waals surface area contributed by atoms with Crippen LogP contribution in [0, 0.1) is 0 Å². The molecule has 0 saturated carbocycles. The van der Waals surface area contributed by atoms with E-state index in [9.17, 15) is 18.3 Å². The second-order valence-electron chi connectivity index (χ2n) is 5.49. The average Bonchev–Trinajstić information content (AvgIpc) is 2.91. The third-order valence-electron chi connectivity index (χ3n) is 3.62. The zero-order valence-electron chi connectivity index (χ0n) is 13.3. The number of hydrogen-bond donors (Lipinski definition) is 2. The quantitative estimate of drug-likeness (QED) is 0.716. The molecule has 0 spiro atoms. The molecule has 1 aromatic heterocycles. The lowest BCUT2D eigenvalue weighted by Crippen LogP contribution is -2.29. The monoisotopic (exact) mass is 376 g/mol. The van der Waals surface area contributed by atoms with Crippen LogP contribution >= 0.6 is 11.3 Å². The van der Waals surface area contributed by atoms with Crippen LogP contribution in [0.4, 0.5) is 5.69 Å². The maximum atomic E-state index is 12.1. The van der Waals surface area contributed by atoms with Crippen LogP contribution in [0.15, 0.2) is 59.4 Å². The molecule has 0 aliphatic heterocycles. The molecule has 0 aliphatic carbocycles. The van der Waals surface area contributed by atoms with E-state index in [2.05, 4.69) is 4.98 Å². The molecule has 0 radical (unpaired) electrons. The number of nitrogens with zero attached hydrogens (tertiary/aromatic N) is 1. The van der Waals surface area contributed by atoms with Gasteiger partial charge in [-0.2, -0.15) is 0 Å². The second kappa shape index (κ2) is 6.73. The van der Waals surface area contributed by atoms with Gasteiger partial charge in [0.25, 0.3) is 0 Å². The number of para-hydroxylation sites is 1. The zero-order chi connectivity index (χ0) is 18.0. The van der Waals surface area contributed by atoms with Crippen molar-refractivity contribution in [1.29, 1.82) is 0 Å². The largest absolute Gasteiger partial charge is 0.493 e. The lowest BCUT2D eigenvalue weighted by atomic mass is 10.1. The Kier molecular flexibility index (Phi) is 4.65. The van der Waals surface area contributed by atoms with E-state index in [0.717, 1.165) is 16.9 Å². The van der Waals surface area contributed by atoms with Crippen LogP contribution in [-0.2, 0) is 16.6 Å². The molecule has 0 aliphatic rings. The summed E-state index contributed by atoms with van der Waals surface area (Å²) in [4.78, 5) is 13.7. The number of aromatic hydroxyl groups is 1. The van der Waals surface area contributed by atoms with E-state index in [-0.39, 0.29) is 17.3 Å². The lowest BCUT2D eigenvalue weighted by Gasteiger charge is -2.22. The molecule has 3 rings (SSSR count). The molecule has 0 saturated heterocycles. The topological polar surface area (TPSA) is 90.5 Å². The minimum Gasteiger partial charge on any atom is -0.493 e. The normalized spacial score (nSPS) is 11.4. The van der Waals surface area contributed by atoms with E-state index in [0.29, 0.717) is 16.1 Å². The maximum Gasteiger partial charge on any atom is 0.307 e. The van der Waals surface area contributed by atoms with Gasteiger partial charge in [0, 0.05) is 0 Å². The van der Waals surface area contributed by atoms with Crippen molar-refractivity contribution in [1.82, 2.24) is 4.98 Å². The molecule has 0 amide bonds. The van der Waals surface area contributed by atoms with Crippen LogP contribution in [0.1, 0.15) is 5.56 Å². The third-order valence-corrected chi connectivity index (χ3v) is 5.68. The Hall–Kier alpha value is -2.58. The summed E-state index contributed by atoms with van der Waals surface area (Å²) in [5, 5.41) is 9.72. The fraction of sp³-hybridized carbons (Fsp3) is 0.118. The SMILES string of the molecule is CS(=O)(=O)N(Cc1ccc(-c2sc(=O)[nH]c2O)cc1)c1ccccc1. The predicted molar refractivity (Wildman–Crippen MR) is 99.5 cm³/mol. The summed E-state index contributed by atoms with van der Waals surface area (Å²) in [6.07, 6.45) is 1.17. The van der Waals surface area contributed by atoms with Gasteiger partial charge in [0.05, 0.1) is 23.4 Å². The molecule has 0 fully saturated rings. The summed E-state index contributed by atoms with van der Waals surface area (Å²) in [6.45, 7) is 0.193. The highest BCUT2D eigenvalue weighted by atomic mass is 32.2. The van der Waals surface area contributed by atoms with Crippen molar-refractivity contribution in [3.63, 3.8) is 0 Å². The van der Waals surface area contributed by atoms with Gasteiger partial charge in [-0.15, -0.1) is 0 Å². The molecule has 1 heterocycles. The summed E-state index contributed by atoms with van der Waals surface area (Å²) in [7, 11) is -3.43. The Morgan fingerprint density at radius 3 is 2.24 bits per heavy atom. The minimum atomic E-state index is -3.43. The van der Waals surface area contributed by atoms with Crippen molar-refractivity contribution < 1.29 is 13.5 Å².